The van der Waals surface area contributed by atoms with Crippen molar-refractivity contribution in [3.05, 3.63) is 58.4 Å². The molecule has 2 aromatic carbocycles. The topological polar surface area (TPSA) is 78.8 Å². The van der Waals surface area contributed by atoms with Crippen molar-refractivity contribution in [3.63, 3.8) is 0 Å². The zero-order chi connectivity index (χ0) is 19.7. The molecule has 4 rings (SSSR count). The summed E-state index contributed by atoms with van der Waals surface area (Å²) in [4.78, 5) is 25.7. The summed E-state index contributed by atoms with van der Waals surface area (Å²) in [6.07, 6.45) is 1.54. The molecule has 1 aliphatic rings. The third kappa shape index (κ3) is 3.26. The monoisotopic (exact) mass is 380 g/mol. The summed E-state index contributed by atoms with van der Waals surface area (Å²) < 4.78 is 18.2. The minimum absolute atomic E-state index is 0.0542. The quantitative estimate of drug-likeness (QED) is 0.753. The molecule has 3 aromatic rings. The van der Waals surface area contributed by atoms with Gasteiger partial charge in [-0.25, -0.2) is 0 Å². The van der Waals surface area contributed by atoms with Gasteiger partial charge in [0.2, 0.25) is 5.43 Å². The number of fused-ring (bicyclic) bond motifs is 2. The molecule has 1 N–H and O–H groups in total. The van der Waals surface area contributed by atoms with Crippen LogP contribution in [-0.2, 0) is 7.05 Å². The van der Waals surface area contributed by atoms with Gasteiger partial charge in [-0.2, -0.15) is 0 Å². The van der Waals surface area contributed by atoms with Gasteiger partial charge < -0.3 is 24.1 Å². The number of carbonyl (C=O) groups excluding carboxylic acids is 1. The molecule has 0 saturated carbocycles. The number of aryl methyl sites for hydroxylation is 1. The van der Waals surface area contributed by atoms with Crippen molar-refractivity contribution >= 4 is 22.5 Å². The fourth-order valence-electron chi connectivity index (χ4n) is 3.21. The number of carbonyl (C=O) groups is 1. The van der Waals surface area contributed by atoms with Crippen LogP contribution in [0.25, 0.3) is 10.9 Å². The smallest absolute Gasteiger partial charge is 0.261 e. The van der Waals surface area contributed by atoms with Crippen molar-refractivity contribution in [3.8, 4) is 17.2 Å². The minimum atomic E-state index is -0.485. The van der Waals surface area contributed by atoms with Crippen LogP contribution in [-0.4, -0.2) is 30.3 Å². The summed E-state index contributed by atoms with van der Waals surface area (Å²) in [5.41, 5.74) is 0.965. The predicted octanol–water partition coefficient (Wildman–Crippen LogP) is 2.96. The lowest BCUT2D eigenvalue weighted by Gasteiger charge is -2.19. The average molecular weight is 380 g/mol. The molecule has 1 amide bonds. The highest BCUT2D eigenvalue weighted by molar-refractivity contribution is 6.06. The van der Waals surface area contributed by atoms with Gasteiger partial charge in [0.15, 0.2) is 11.5 Å². The van der Waals surface area contributed by atoms with Crippen LogP contribution in [0.5, 0.6) is 17.2 Å². The molecular weight excluding hydrogens is 360 g/mol. The maximum Gasteiger partial charge on any atom is 0.261 e. The highest BCUT2D eigenvalue weighted by atomic mass is 16.6. The Morgan fingerprint density at radius 2 is 1.93 bits per heavy atom. The van der Waals surface area contributed by atoms with Crippen molar-refractivity contribution in [2.24, 2.45) is 7.05 Å². The van der Waals surface area contributed by atoms with Gasteiger partial charge in [0.05, 0.1) is 17.5 Å². The predicted molar refractivity (Wildman–Crippen MR) is 106 cm³/mol. The largest absolute Gasteiger partial charge is 0.494 e. The number of nitrogens with one attached hydrogen (secondary N) is 1. The Kier molecular flexibility index (Phi) is 4.65. The second kappa shape index (κ2) is 7.26. The molecule has 0 aliphatic carbocycles. The van der Waals surface area contributed by atoms with Crippen molar-refractivity contribution in [2.45, 2.75) is 6.92 Å². The second-order valence-corrected chi connectivity index (χ2v) is 6.41. The van der Waals surface area contributed by atoms with E-state index < -0.39 is 5.91 Å². The summed E-state index contributed by atoms with van der Waals surface area (Å²) in [6.45, 7) is 3.32. The first kappa shape index (κ1) is 17.9. The van der Waals surface area contributed by atoms with E-state index in [1.165, 1.54) is 0 Å². The van der Waals surface area contributed by atoms with Crippen molar-refractivity contribution in [1.82, 2.24) is 4.57 Å². The van der Waals surface area contributed by atoms with Crippen molar-refractivity contribution in [2.75, 3.05) is 25.1 Å². The Bertz CT molecular complexity index is 1120. The van der Waals surface area contributed by atoms with E-state index in [0.717, 1.165) is 5.52 Å². The van der Waals surface area contributed by atoms with Gasteiger partial charge >= 0.3 is 0 Å². The Morgan fingerprint density at radius 1 is 1.14 bits per heavy atom. The molecule has 0 saturated heterocycles. The molecule has 1 aromatic heterocycles. The van der Waals surface area contributed by atoms with Crippen LogP contribution in [0.15, 0.2) is 47.4 Å². The number of nitrogens with zero attached hydrogens (tertiary/aromatic N) is 1. The summed E-state index contributed by atoms with van der Waals surface area (Å²) in [6, 6.07) is 10.4. The first-order chi connectivity index (χ1) is 13.6. The van der Waals surface area contributed by atoms with E-state index in [4.69, 9.17) is 14.2 Å². The van der Waals surface area contributed by atoms with Crippen molar-refractivity contribution in [1.29, 1.82) is 0 Å². The summed E-state index contributed by atoms with van der Waals surface area (Å²) in [5.74, 6) is 1.31. The van der Waals surface area contributed by atoms with Gasteiger partial charge in [-0.05, 0) is 37.3 Å². The standard InChI is InChI=1S/C21H20N2O5/c1-3-26-14-5-6-17-15(11-14)20(24)16(12-23(17)2)21(25)22-13-4-7-18-19(10-13)28-9-8-27-18/h4-7,10-12H,3,8-9H2,1-2H3,(H,22,25). The van der Waals surface area contributed by atoms with Gasteiger partial charge in [0.25, 0.3) is 5.91 Å². The molecule has 1 aliphatic heterocycles. The van der Waals surface area contributed by atoms with E-state index >= 15 is 0 Å². The number of aromatic nitrogens is 1. The van der Waals surface area contributed by atoms with Gasteiger partial charge in [0, 0.05) is 25.0 Å². The van der Waals surface area contributed by atoms with Gasteiger partial charge in [-0.1, -0.05) is 0 Å². The highest BCUT2D eigenvalue weighted by Gasteiger charge is 2.17. The lowest BCUT2D eigenvalue weighted by Crippen LogP contribution is -2.23. The highest BCUT2D eigenvalue weighted by Crippen LogP contribution is 2.32. The molecule has 0 fully saturated rings. The van der Waals surface area contributed by atoms with Gasteiger partial charge in [0.1, 0.15) is 24.5 Å². The maximum atomic E-state index is 12.9. The molecule has 7 nitrogen and oxygen atoms in total. The lowest BCUT2D eigenvalue weighted by atomic mass is 10.1. The number of ether oxygens (including phenoxy) is 3. The number of rotatable bonds is 4. The van der Waals surface area contributed by atoms with Gasteiger partial charge in [-0.3, -0.25) is 9.59 Å². The average Bonchev–Trinajstić information content (AvgIpc) is 2.70. The molecule has 2 heterocycles. The van der Waals surface area contributed by atoms with Crippen LogP contribution in [0.4, 0.5) is 5.69 Å². The number of benzene rings is 2. The summed E-state index contributed by atoms with van der Waals surface area (Å²) in [5, 5.41) is 3.20. The molecule has 0 radical (unpaired) electrons. The fraction of sp³-hybridized carbons (Fsp3) is 0.238. The van der Waals surface area contributed by atoms with Crippen LogP contribution >= 0.6 is 0 Å². The van der Waals surface area contributed by atoms with E-state index in [1.807, 2.05) is 13.0 Å². The summed E-state index contributed by atoms with van der Waals surface area (Å²) >= 11 is 0. The number of amides is 1. The van der Waals surface area contributed by atoms with Crippen LogP contribution < -0.4 is 25.0 Å². The Balaban J connectivity index is 1.69. The third-order valence-electron chi connectivity index (χ3n) is 4.52. The Labute approximate surface area is 161 Å². The Hall–Kier alpha value is -3.48. The molecule has 28 heavy (non-hydrogen) atoms. The number of hydrogen-bond acceptors (Lipinski definition) is 5. The molecule has 7 heteroatoms. The Morgan fingerprint density at radius 3 is 2.71 bits per heavy atom. The van der Waals surface area contributed by atoms with Crippen LogP contribution in [0.3, 0.4) is 0 Å². The van der Waals surface area contributed by atoms with Crippen LogP contribution in [0, 0.1) is 0 Å². The second-order valence-electron chi connectivity index (χ2n) is 6.41. The number of anilines is 1. The van der Waals surface area contributed by atoms with E-state index in [0.29, 0.717) is 48.1 Å². The lowest BCUT2D eigenvalue weighted by molar-refractivity contribution is 0.102. The van der Waals surface area contributed by atoms with Crippen LogP contribution in [0.2, 0.25) is 0 Å². The fourth-order valence-corrected chi connectivity index (χ4v) is 3.21. The summed E-state index contributed by atoms with van der Waals surface area (Å²) in [7, 11) is 1.79. The minimum Gasteiger partial charge on any atom is -0.494 e. The first-order valence-corrected chi connectivity index (χ1v) is 9.04. The molecule has 0 unspecified atom stereocenters. The first-order valence-electron chi connectivity index (χ1n) is 9.04. The molecule has 144 valence electrons. The van der Waals surface area contributed by atoms with E-state index in [9.17, 15) is 9.59 Å². The SMILES string of the molecule is CCOc1ccc2c(c1)c(=O)c(C(=O)Nc1ccc3c(c1)OCCO3)cn2C. The molecule has 0 atom stereocenters. The zero-order valence-corrected chi connectivity index (χ0v) is 15.7. The molecule has 0 bridgehead atoms. The van der Waals surface area contributed by atoms with Crippen LogP contribution in [0.1, 0.15) is 17.3 Å². The third-order valence-corrected chi connectivity index (χ3v) is 4.52. The normalized spacial score (nSPS) is 12.6. The molecular formula is C21H20N2O5. The maximum absolute atomic E-state index is 12.9. The van der Waals surface area contributed by atoms with E-state index in [1.54, 1.807) is 48.1 Å². The zero-order valence-electron chi connectivity index (χ0n) is 15.7. The van der Waals surface area contributed by atoms with E-state index in [-0.39, 0.29) is 11.0 Å². The number of pyridine rings is 1. The number of hydrogen-bond donors (Lipinski definition) is 1. The van der Waals surface area contributed by atoms with Gasteiger partial charge in [-0.15, -0.1) is 0 Å². The van der Waals surface area contributed by atoms with E-state index in [2.05, 4.69) is 5.32 Å². The van der Waals surface area contributed by atoms with Crippen molar-refractivity contribution < 1.29 is 19.0 Å². The molecule has 0 spiro atoms.